The normalized spacial score (nSPS) is 34.7. The molecule has 1 fully saturated rings. The molecule has 0 aromatic rings. The van der Waals surface area contributed by atoms with Crippen molar-refractivity contribution in [2.45, 2.75) is 44.9 Å². The molecular weight excluding hydrogens is 212 g/mol. The minimum absolute atomic E-state index is 0.339. The monoisotopic (exact) mass is 238 g/mol. The molecule has 2 bridgehead atoms. The van der Waals surface area contributed by atoms with E-state index in [1.54, 1.807) is 0 Å². The standard InChI is InChI=1S/C15H26O2/c16-9-3-1-5-14-12-7-8-13(11-12)15(14)6-2-4-10-17/h7-8,12-17H,1-6,9-11H2. The third-order valence-electron chi connectivity index (χ3n) is 4.69. The second-order valence-corrected chi connectivity index (χ2v) is 5.71. The van der Waals surface area contributed by atoms with E-state index in [-0.39, 0.29) is 0 Å². The Hall–Kier alpha value is -0.340. The highest BCUT2D eigenvalue weighted by Gasteiger charge is 2.42. The molecule has 4 unspecified atom stereocenters. The number of unbranched alkanes of at least 4 members (excludes halogenated alkanes) is 2. The van der Waals surface area contributed by atoms with Gasteiger partial charge in [-0.1, -0.05) is 25.0 Å². The molecular formula is C15H26O2. The zero-order valence-electron chi connectivity index (χ0n) is 10.7. The van der Waals surface area contributed by atoms with Gasteiger partial charge in [0.2, 0.25) is 0 Å². The first kappa shape index (κ1) is 13.1. The van der Waals surface area contributed by atoms with Crippen molar-refractivity contribution in [2.24, 2.45) is 23.7 Å². The quantitative estimate of drug-likeness (QED) is 0.504. The van der Waals surface area contributed by atoms with Crippen molar-refractivity contribution < 1.29 is 10.2 Å². The van der Waals surface area contributed by atoms with Crippen LogP contribution < -0.4 is 0 Å². The summed E-state index contributed by atoms with van der Waals surface area (Å²) < 4.78 is 0. The van der Waals surface area contributed by atoms with Gasteiger partial charge >= 0.3 is 0 Å². The molecule has 98 valence electrons. The first-order valence-electron chi connectivity index (χ1n) is 7.27. The van der Waals surface area contributed by atoms with E-state index in [0.717, 1.165) is 36.5 Å². The predicted octanol–water partition coefficient (Wildman–Crippen LogP) is 2.75. The Balaban J connectivity index is 1.81. The molecule has 2 heteroatoms. The summed E-state index contributed by atoms with van der Waals surface area (Å²) in [6.45, 7) is 0.678. The summed E-state index contributed by atoms with van der Waals surface area (Å²) in [5.74, 6) is 3.35. The van der Waals surface area contributed by atoms with Gasteiger partial charge in [0.25, 0.3) is 0 Å². The molecule has 2 aliphatic carbocycles. The van der Waals surface area contributed by atoms with Gasteiger partial charge in [-0.3, -0.25) is 0 Å². The van der Waals surface area contributed by atoms with E-state index < -0.39 is 0 Å². The number of rotatable bonds is 8. The van der Waals surface area contributed by atoms with Gasteiger partial charge in [0.05, 0.1) is 0 Å². The molecule has 0 aromatic carbocycles. The Morgan fingerprint density at radius 2 is 1.24 bits per heavy atom. The van der Waals surface area contributed by atoms with Crippen molar-refractivity contribution >= 4 is 0 Å². The average Bonchev–Trinajstić information content (AvgIpc) is 2.92. The zero-order chi connectivity index (χ0) is 12.1. The summed E-state index contributed by atoms with van der Waals surface area (Å²) in [7, 11) is 0. The molecule has 2 N–H and O–H groups in total. The summed E-state index contributed by atoms with van der Waals surface area (Å²) in [6, 6.07) is 0. The molecule has 17 heavy (non-hydrogen) atoms. The van der Waals surface area contributed by atoms with Crippen molar-refractivity contribution in [3.05, 3.63) is 12.2 Å². The number of allylic oxidation sites excluding steroid dienone is 2. The van der Waals surface area contributed by atoms with Gasteiger partial charge < -0.3 is 10.2 Å². The lowest BCUT2D eigenvalue weighted by molar-refractivity contribution is 0.231. The van der Waals surface area contributed by atoms with E-state index in [0.29, 0.717) is 13.2 Å². The van der Waals surface area contributed by atoms with Crippen LogP contribution in [0.15, 0.2) is 12.2 Å². The first-order chi connectivity index (χ1) is 8.36. The smallest absolute Gasteiger partial charge is 0.0431 e. The van der Waals surface area contributed by atoms with Crippen LogP contribution in [0.4, 0.5) is 0 Å². The summed E-state index contributed by atoms with van der Waals surface area (Å²) in [5, 5.41) is 17.7. The average molecular weight is 238 g/mol. The summed E-state index contributed by atoms with van der Waals surface area (Å²) >= 11 is 0. The van der Waals surface area contributed by atoms with E-state index >= 15 is 0 Å². The summed E-state index contributed by atoms with van der Waals surface area (Å²) in [4.78, 5) is 0. The third-order valence-corrected chi connectivity index (χ3v) is 4.69. The van der Waals surface area contributed by atoms with Crippen molar-refractivity contribution in [1.29, 1.82) is 0 Å². The van der Waals surface area contributed by atoms with Crippen molar-refractivity contribution in [2.75, 3.05) is 13.2 Å². The molecule has 4 atom stereocenters. The second-order valence-electron chi connectivity index (χ2n) is 5.71. The van der Waals surface area contributed by atoms with Crippen LogP contribution in [0.25, 0.3) is 0 Å². The molecule has 0 spiro atoms. The van der Waals surface area contributed by atoms with Gasteiger partial charge in [0.15, 0.2) is 0 Å². The fourth-order valence-corrected chi connectivity index (χ4v) is 3.87. The Morgan fingerprint density at radius 3 is 1.65 bits per heavy atom. The van der Waals surface area contributed by atoms with Gasteiger partial charge in [-0.15, -0.1) is 0 Å². The third kappa shape index (κ3) is 3.11. The van der Waals surface area contributed by atoms with Gasteiger partial charge in [0.1, 0.15) is 0 Å². The second kappa shape index (κ2) is 6.55. The largest absolute Gasteiger partial charge is 0.396 e. The van der Waals surface area contributed by atoms with E-state index in [2.05, 4.69) is 12.2 Å². The molecule has 1 saturated carbocycles. The van der Waals surface area contributed by atoms with Crippen LogP contribution in [-0.2, 0) is 0 Å². The Morgan fingerprint density at radius 1 is 0.765 bits per heavy atom. The zero-order valence-corrected chi connectivity index (χ0v) is 10.7. The minimum atomic E-state index is 0.339. The highest BCUT2D eigenvalue weighted by molar-refractivity contribution is 5.13. The molecule has 0 heterocycles. The van der Waals surface area contributed by atoms with Gasteiger partial charge in [0, 0.05) is 13.2 Å². The number of hydrogen-bond donors (Lipinski definition) is 2. The topological polar surface area (TPSA) is 40.5 Å². The van der Waals surface area contributed by atoms with Crippen LogP contribution in [0.2, 0.25) is 0 Å². The number of aliphatic hydroxyl groups is 2. The van der Waals surface area contributed by atoms with E-state index in [1.807, 2.05) is 0 Å². The minimum Gasteiger partial charge on any atom is -0.396 e. The highest BCUT2D eigenvalue weighted by atomic mass is 16.3. The van der Waals surface area contributed by atoms with Crippen LogP contribution in [0.3, 0.4) is 0 Å². The van der Waals surface area contributed by atoms with Crippen LogP contribution in [0.1, 0.15) is 44.9 Å². The highest BCUT2D eigenvalue weighted by Crippen LogP contribution is 2.51. The van der Waals surface area contributed by atoms with Gasteiger partial charge in [-0.2, -0.15) is 0 Å². The summed E-state index contributed by atoms with van der Waals surface area (Å²) in [6.07, 6.45) is 13.1. The SMILES string of the molecule is OCCCCC1C2C=CC(C2)C1CCCCO. The molecule has 0 aromatic heterocycles. The Bertz CT molecular complexity index is 225. The molecule has 0 aliphatic heterocycles. The van der Waals surface area contributed by atoms with Crippen molar-refractivity contribution in [3.63, 3.8) is 0 Å². The van der Waals surface area contributed by atoms with E-state index in [1.165, 1.54) is 32.1 Å². The Kier molecular flexibility index (Phi) is 5.05. The molecule has 0 saturated heterocycles. The summed E-state index contributed by atoms with van der Waals surface area (Å²) in [5.41, 5.74) is 0. The first-order valence-corrected chi connectivity index (χ1v) is 7.27. The number of hydrogen-bond acceptors (Lipinski definition) is 2. The number of fused-ring (bicyclic) bond motifs is 2. The van der Waals surface area contributed by atoms with Crippen LogP contribution in [0.5, 0.6) is 0 Å². The fraction of sp³-hybridized carbons (Fsp3) is 0.867. The van der Waals surface area contributed by atoms with Gasteiger partial charge in [-0.05, 0) is 55.8 Å². The fourth-order valence-electron chi connectivity index (χ4n) is 3.87. The molecule has 0 radical (unpaired) electrons. The Labute approximate surface area is 105 Å². The molecule has 2 rings (SSSR count). The molecule has 2 aliphatic rings. The molecule has 2 nitrogen and oxygen atoms in total. The van der Waals surface area contributed by atoms with Crippen LogP contribution in [-0.4, -0.2) is 23.4 Å². The molecule has 0 amide bonds. The van der Waals surface area contributed by atoms with Gasteiger partial charge in [-0.25, -0.2) is 0 Å². The lowest BCUT2D eigenvalue weighted by atomic mass is 9.77. The van der Waals surface area contributed by atoms with E-state index in [9.17, 15) is 0 Å². The van der Waals surface area contributed by atoms with Crippen molar-refractivity contribution in [1.82, 2.24) is 0 Å². The maximum atomic E-state index is 8.87. The van der Waals surface area contributed by atoms with E-state index in [4.69, 9.17) is 10.2 Å². The predicted molar refractivity (Wildman–Crippen MR) is 69.6 cm³/mol. The van der Waals surface area contributed by atoms with Crippen LogP contribution in [0, 0.1) is 23.7 Å². The van der Waals surface area contributed by atoms with Crippen LogP contribution >= 0.6 is 0 Å². The number of aliphatic hydroxyl groups excluding tert-OH is 2. The van der Waals surface area contributed by atoms with Crippen molar-refractivity contribution in [3.8, 4) is 0 Å². The lowest BCUT2D eigenvalue weighted by Crippen LogP contribution is -2.20. The maximum Gasteiger partial charge on any atom is 0.0431 e. The lowest BCUT2D eigenvalue weighted by Gasteiger charge is -2.28. The maximum absolute atomic E-state index is 8.87.